The van der Waals surface area contributed by atoms with Gasteiger partial charge in [0.15, 0.2) is 11.5 Å². The highest BCUT2D eigenvalue weighted by Crippen LogP contribution is 2.26. The number of aryl methyl sites for hydroxylation is 1. The van der Waals surface area contributed by atoms with Crippen molar-refractivity contribution in [3.8, 4) is 22.8 Å². The predicted molar refractivity (Wildman–Crippen MR) is 150 cm³/mol. The smallest absolute Gasteiger partial charge is 0.246 e. The molecule has 5 aromatic rings. The number of aromatic nitrogens is 5. The molecule has 0 spiro atoms. The number of carbonyl (C=O) groups is 1. The Morgan fingerprint density at radius 1 is 1.07 bits per heavy atom. The Morgan fingerprint density at radius 2 is 1.93 bits per heavy atom. The summed E-state index contributed by atoms with van der Waals surface area (Å²) in [5.41, 5.74) is 4.93. The van der Waals surface area contributed by atoms with Gasteiger partial charge in [0.05, 0.1) is 38.0 Å². The molecule has 3 heterocycles. The molecule has 206 valence electrons. The number of nitrogens with one attached hydrogen (secondary N) is 2. The van der Waals surface area contributed by atoms with Crippen LogP contribution in [0.5, 0.6) is 11.5 Å². The average molecular weight is 544 g/mol. The molecule has 2 N–H and O–H groups in total. The number of hydrogen-bond donors (Lipinski definition) is 2. The van der Waals surface area contributed by atoms with E-state index >= 15 is 0 Å². The minimum atomic E-state index is -0.370. The number of methoxy groups -OCH3 is 2. The number of hydrogen-bond acceptors (Lipinski definition) is 7. The second-order valence-electron chi connectivity index (χ2n) is 9.31. The quantitative estimate of drug-likeness (QED) is 0.264. The first-order chi connectivity index (χ1) is 19.4. The number of carbonyl (C=O) groups excluding carboxylic acids is 1. The molecule has 3 aromatic heterocycles. The van der Waals surface area contributed by atoms with Gasteiger partial charge < -0.3 is 20.1 Å². The van der Waals surface area contributed by atoms with Gasteiger partial charge in [-0.2, -0.15) is 5.10 Å². The molecule has 0 radical (unpaired) electrons. The SMILES string of the molecule is COc1ccc(OC)c(CCNc2nc(C)cn3c(-c4cnn(CC(=O)Nc5cccc(F)c5C)c4)cnc23)c1. The van der Waals surface area contributed by atoms with Crippen molar-refractivity contribution < 1.29 is 18.7 Å². The van der Waals surface area contributed by atoms with Gasteiger partial charge in [-0.05, 0) is 56.2 Å². The van der Waals surface area contributed by atoms with Crippen LogP contribution in [0.4, 0.5) is 15.9 Å². The number of rotatable bonds is 10. The molecule has 0 bridgehead atoms. The molecule has 0 aliphatic carbocycles. The summed E-state index contributed by atoms with van der Waals surface area (Å²) in [6.07, 6.45) is 7.82. The van der Waals surface area contributed by atoms with Gasteiger partial charge in [0.2, 0.25) is 5.91 Å². The predicted octanol–water partition coefficient (Wildman–Crippen LogP) is 4.66. The van der Waals surface area contributed by atoms with E-state index in [4.69, 9.17) is 9.47 Å². The highest BCUT2D eigenvalue weighted by Gasteiger charge is 2.15. The molecule has 1 amide bonds. The highest BCUT2D eigenvalue weighted by atomic mass is 19.1. The van der Waals surface area contributed by atoms with Crippen molar-refractivity contribution in [3.63, 3.8) is 0 Å². The molecule has 40 heavy (non-hydrogen) atoms. The molecule has 0 unspecified atom stereocenters. The number of nitrogens with zero attached hydrogens (tertiary/aromatic N) is 5. The second kappa shape index (κ2) is 11.4. The van der Waals surface area contributed by atoms with E-state index in [1.807, 2.05) is 35.7 Å². The third-order valence-electron chi connectivity index (χ3n) is 6.56. The Balaban J connectivity index is 1.31. The van der Waals surface area contributed by atoms with E-state index in [1.54, 1.807) is 51.9 Å². The Kier molecular flexibility index (Phi) is 7.63. The largest absolute Gasteiger partial charge is 0.497 e. The third kappa shape index (κ3) is 5.58. The van der Waals surface area contributed by atoms with E-state index in [-0.39, 0.29) is 18.3 Å². The molecule has 10 nitrogen and oxygen atoms in total. The van der Waals surface area contributed by atoms with Crippen molar-refractivity contribution in [2.75, 3.05) is 31.4 Å². The lowest BCUT2D eigenvalue weighted by Crippen LogP contribution is -2.19. The summed E-state index contributed by atoms with van der Waals surface area (Å²) < 4.78 is 28.1. The summed E-state index contributed by atoms with van der Waals surface area (Å²) in [7, 11) is 3.29. The van der Waals surface area contributed by atoms with E-state index in [1.165, 1.54) is 10.7 Å². The number of ether oxygens (including phenoxy) is 2. The number of fused-ring (bicyclic) bond motifs is 1. The van der Waals surface area contributed by atoms with Crippen LogP contribution < -0.4 is 20.1 Å². The Labute approximate surface area is 230 Å². The van der Waals surface area contributed by atoms with Crippen LogP contribution in [0.2, 0.25) is 0 Å². The van der Waals surface area contributed by atoms with Crippen LogP contribution >= 0.6 is 0 Å². The molecule has 0 saturated carbocycles. The minimum Gasteiger partial charge on any atom is -0.497 e. The van der Waals surface area contributed by atoms with Crippen LogP contribution in [-0.2, 0) is 17.8 Å². The average Bonchev–Trinajstić information content (AvgIpc) is 3.58. The van der Waals surface area contributed by atoms with Gasteiger partial charge in [0.1, 0.15) is 23.9 Å². The lowest BCUT2D eigenvalue weighted by atomic mass is 10.1. The van der Waals surface area contributed by atoms with Crippen LogP contribution in [0.25, 0.3) is 16.9 Å². The summed E-state index contributed by atoms with van der Waals surface area (Å²) in [6, 6.07) is 10.3. The third-order valence-corrected chi connectivity index (χ3v) is 6.56. The van der Waals surface area contributed by atoms with Crippen molar-refractivity contribution in [2.45, 2.75) is 26.8 Å². The highest BCUT2D eigenvalue weighted by molar-refractivity contribution is 5.91. The second-order valence-corrected chi connectivity index (χ2v) is 9.31. The maximum Gasteiger partial charge on any atom is 0.246 e. The van der Waals surface area contributed by atoms with Crippen LogP contribution in [0, 0.1) is 19.7 Å². The monoisotopic (exact) mass is 543 g/mol. The Hall–Kier alpha value is -4.93. The van der Waals surface area contributed by atoms with E-state index in [0.29, 0.717) is 35.7 Å². The number of amides is 1. The first-order valence-electron chi connectivity index (χ1n) is 12.7. The van der Waals surface area contributed by atoms with E-state index in [9.17, 15) is 9.18 Å². The molecule has 0 saturated heterocycles. The molecule has 0 aliphatic heterocycles. The van der Waals surface area contributed by atoms with Gasteiger partial charge in [-0.1, -0.05) is 6.07 Å². The molecule has 0 atom stereocenters. The van der Waals surface area contributed by atoms with Crippen molar-refractivity contribution in [1.29, 1.82) is 0 Å². The summed E-state index contributed by atoms with van der Waals surface area (Å²) in [5.74, 6) is 1.55. The number of imidazole rings is 1. The van der Waals surface area contributed by atoms with Crippen molar-refractivity contribution >= 4 is 23.1 Å². The zero-order chi connectivity index (χ0) is 28.2. The van der Waals surface area contributed by atoms with E-state index in [2.05, 4.69) is 25.7 Å². The van der Waals surface area contributed by atoms with Crippen LogP contribution in [0.15, 0.2) is 61.2 Å². The molecule has 5 rings (SSSR count). The molecule has 11 heteroatoms. The normalized spacial score (nSPS) is 11.0. The fourth-order valence-corrected chi connectivity index (χ4v) is 4.50. The van der Waals surface area contributed by atoms with Gasteiger partial charge in [-0.15, -0.1) is 0 Å². The fourth-order valence-electron chi connectivity index (χ4n) is 4.50. The molecular formula is C29H30FN7O3. The van der Waals surface area contributed by atoms with Crippen LogP contribution in [0.1, 0.15) is 16.8 Å². The number of anilines is 2. The summed E-state index contributed by atoms with van der Waals surface area (Å²) in [5, 5.41) is 10.5. The molecule has 2 aromatic carbocycles. The van der Waals surface area contributed by atoms with Crippen molar-refractivity contribution in [2.24, 2.45) is 0 Å². The number of benzene rings is 2. The van der Waals surface area contributed by atoms with Gasteiger partial charge in [-0.3, -0.25) is 13.9 Å². The lowest BCUT2D eigenvalue weighted by Gasteiger charge is -2.12. The van der Waals surface area contributed by atoms with E-state index < -0.39 is 0 Å². The first-order valence-corrected chi connectivity index (χ1v) is 12.7. The first kappa shape index (κ1) is 26.7. The van der Waals surface area contributed by atoms with Gasteiger partial charge >= 0.3 is 0 Å². The Morgan fingerprint density at radius 3 is 2.73 bits per heavy atom. The maximum absolute atomic E-state index is 13.8. The summed E-state index contributed by atoms with van der Waals surface area (Å²) in [6.45, 7) is 4.13. The van der Waals surface area contributed by atoms with Crippen LogP contribution in [-0.4, -0.2) is 50.8 Å². The minimum absolute atomic E-state index is 0.0200. The molecule has 0 fully saturated rings. The van der Waals surface area contributed by atoms with Gasteiger partial charge in [-0.25, -0.2) is 14.4 Å². The van der Waals surface area contributed by atoms with E-state index in [0.717, 1.165) is 34.0 Å². The Bertz CT molecular complexity index is 1680. The van der Waals surface area contributed by atoms with Crippen molar-refractivity contribution in [3.05, 3.63) is 83.8 Å². The van der Waals surface area contributed by atoms with Gasteiger partial charge in [0, 0.05) is 35.8 Å². The lowest BCUT2D eigenvalue weighted by molar-refractivity contribution is -0.116. The maximum atomic E-state index is 13.8. The topological polar surface area (TPSA) is 108 Å². The summed E-state index contributed by atoms with van der Waals surface area (Å²) in [4.78, 5) is 21.8. The van der Waals surface area contributed by atoms with Crippen LogP contribution in [0.3, 0.4) is 0 Å². The molecule has 0 aliphatic rings. The zero-order valence-corrected chi connectivity index (χ0v) is 22.7. The van der Waals surface area contributed by atoms with Crippen molar-refractivity contribution in [1.82, 2.24) is 24.1 Å². The summed E-state index contributed by atoms with van der Waals surface area (Å²) >= 11 is 0. The standard InChI is InChI=1S/C29H30FN7O3/c1-18-15-37-25(21-13-33-36(16-21)17-27(38)35-24-7-5-6-23(30)19(24)2)14-32-29(37)28(34-18)31-11-10-20-12-22(39-3)8-9-26(20)40-4/h5-9,12-16H,10-11,17H2,1-4H3,(H,31,34)(H,35,38). The molecular weight excluding hydrogens is 513 g/mol. The fraction of sp³-hybridized carbons (Fsp3) is 0.241. The van der Waals surface area contributed by atoms with Gasteiger partial charge in [0.25, 0.3) is 0 Å². The number of halogens is 1. The zero-order valence-electron chi connectivity index (χ0n) is 22.7.